The van der Waals surface area contributed by atoms with E-state index >= 15 is 0 Å². The van der Waals surface area contributed by atoms with Crippen molar-refractivity contribution in [3.63, 3.8) is 0 Å². The van der Waals surface area contributed by atoms with Gasteiger partial charge in [0, 0.05) is 12.4 Å². The first-order valence-electron chi connectivity index (χ1n) is 5.66. The van der Waals surface area contributed by atoms with Gasteiger partial charge in [-0.3, -0.25) is 10.00 Å². The summed E-state index contributed by atoms with van der Waals surface area (Å²) in [6.45, 7) is 0.654. The molecular weight excluding hydrogens is 258 g/mol. The lowest BCUT2D eigenvalue weighted by atomic mass is 10.2. The highest BCUT2D eigenvalue weighted by Gasteiger charge is 2.03. The minimum Gasteiger partial charge on any atom is -0.271 e. The average Bonchev–Trinajstić information content (AvgIpc) is 2.93. The maximum absolute atomic E-state index is 8.65. The van der Waals surface area contributed by atoms with E-state index in [1.54, 1.807) is 6.20 Å². The van der Waals surface area contributed by atoms with Gasteiger partial charge >= 0.3 is 0 Å². The van der Waals surface area contributed by atoms with Crippen LogP contribution >= 0.6 is 11.8 Å². The average molecular weight is 271 g/mol. The molecule has 0 spiro atoms. The van der Waals surface area contributed by atoms with Crippen LogP contribution in [0.15, 0.2) is 47.7 Å². The van der Waals surface area contributed by atoms with E-state index in [9.17, 15) is 0 Å². The summed E-state index contributed by atoms with van der Waals surface area (Å²) in [6.07, 6.45) is 7.41. The summed E-state index contributed by atoms with van der Waals surface area (Å²) in [5.74, 6) is 0. The Morgan fingerprint density at radius 2 is 2.32 bits per heavy atom. The monoisotopic (exact) mass is 271 g/mol. The molecule has 0 aliphatic rings. The van der Waals surface area contributed by atoms with E-state index < -0.39 is 0 Å². The number of benzene rings is 1. The van der Waals surface area contributed by atoms with Crippen molar-refractivity contribution in [2.24, 2.45) is 4.99 Å². The number of nitriles is 1. The number of amidine groups is 1. The predicted octanol–water partition coefficient (Wildman–Crippen LogP) is 2.35. The van der Waals surface area contributed by atoms with E-state index in [0.717, 1.165) is 11.3 Å². The second-order valence-corrected chi connectivity index (χ2v) is 4.49. The predicted molar refractivity (Wildman–Crippen MR) is 77.1 cm³/mol. The maximum Gasteiger partial charge on any atom is 0.183 e. The Balaban J connectivity index is 2.28. The van der Waals surface area contributed by atoms with Crippen molar-refractivity contribution in [3.05, 3.63) is 48.3 Å². The number of aliphatic imine (C=N–C) groups is 1. The summed E-state index contributed by atoms with van der Waals surface area (Å²) in [5.41, 5.74) is 1.89. The normalized spacial score (nSPS) is 11.1. The van der Waals surface area contributed by atoms with Crippen LogP contribution in [0.3, 0.4) is 0 Å². The molecule has 0 saturated heterocycles. The quantitative estimate of drug-likeness (QED) is 0.403. The first-order valence-corrected chi connectivity index (χ1v) is 6.89. The highest BCUT2D eigenvalue weighted by molar-refractivity contribution is 8.13. The minimum absolute atomic E-state index is 0.579. The van der Waals surface area contributed by atoms with E-state index in [1.807, 2.05) is 53.7 Å². The Morgan fingerprint density at radius 1 is 1.47 bits per heavy atom. The summed E-state index contributed by atoms with van der Waals surface area (Å²) < 4.78 is 1.84. The van der Waals surface area contributed by atoms with Crippen LogP contribution in [0.5, 0.6) is 0 Å². The Morgan fingerprint density at radius 3 is 3.00 bits per heavy atom. The fourth-order valence-corrected chi connectivity index (χ4v) is 1.94. The first-order chi connectivity index (χ1) is 9.33. The lowest BCUT2D eigenvalue weighted by Gasteiger charge is -2.07. The Labute approximate surface area is 116 Å². The van der Waals surface area contributed by atoms with Gasteiger partial charge in [-0.15, -0.1) is 0 Å². The third-order valence-corrected chi connectivity index (χ3v) is 3.04. The van der Waals surface area contributed by atoms with Gasteiger partial charge in [0.05, 0.1) is 12.2 Å². The van der Waals surface area contributed by atoms with Crippen LogP contribution in [0.4, 0.5) is 5.69 Å². The van der Waals surface area contributed by atoms with Gasteiger partial charge in [-0.25, -0.2) is 4.99 Å². The largest absolute Gasteiger partial charge is 0.271 e. The van der Waals surface area contributed by atoms with Gasteiger partial charge < -0.3 is 0 Å². The fraction of sp³-hybridized carbons (Fsp3) is 0.154. The molecule has 0 unspecified atom stereocenters. The zero-order valence-electron chi connectivity index (χ0n) is 10.4. The Bertz CT molecular complexity index is 598. The van der Waals surface area contributed by atoms with Gasteiger partial charge in [0.2, 0.25) is 0 Å². The summed E-state index contributed by atoms with van der Waals surface area (Å²) in [4.78, 5) is 4.45. The Hall–Kier alpha value is -2.26. The van der Waals surface area contributed by atoms with Crippen molar-refractivity contribution < 1.29 is 0 Å². The van der Waals surface area contributed by atoms with Gasteiger partial charge in [-0.05, 0) is 24.0 Å². The van der Waals surface area contributed by atoms with E-state index in [2.05, 4.69) is 15.4 Å². The molecule has 0 amide bonds. The van der Waals surface area contributed by atoms with Crippen LogP contribution in [-0.4, -0.2) is 21.2 Å². The molecular formula is C13H13N5S. The van der Waals surface area contributed by atoms with Crippen molar-refractivity contribution in [3.8, 4) is 6.19 Å². The number of nitrogens with one attached hydrogen (secondary N) is 1. The van der Waals surface area contributed by atoms with Gasteiger partial charge in [0.15, 0.2) is 11.4 Å². The molecule has 2 rings (SSSR count). The van der Waals surface area contributed by atoms with Gasteiger partial charge in [-0.1, -0.05) is 30.0 Å². The molecule has 6 heteroatoms. The van der Waals surface area contributed by atoms with Crippen molar-refractivity contribution in [2.75, 3.05) is 6.26 Å². The smallest absolute Gasteiger partial charge is 0.183 e. The highest BCUT2D eigenvalue weighted by atomic mass is 32.2. The van der Waals surface area contributed by atoms with E-state index in [4.69, 9.17) is 5.26 Å². The molecule has 2 aromatic rings. The lowest BCUT2D eigenvalue weighted by Crippen LogP contribution is -2.12. The molecule has 1 N–H and O–H groups in total. The molecule has 96 valence electrons. The van der Waals surface area contributed by atoms with Gasteiger partial charge in [0.25, 0.3) is 0 Å². The summed E-state index contributed by atoms with van der Waals surface area (Å²) in [7, 11) is 0. The summed E-state index contributed by atoms with van der Waals surface area (Å²) in [6, 6.07) is 9.71. The molecule has 5 nitrogen and oxygen atoms in total. The van der Waals surface area contributed by atoms with Crippen molar-refractivity contribution >= 4 is 22.6 Å². The maximum atomic E-state index is 8.65. The number of thioether (sulfide) groups is 1. The molecule has 1 aromatic heterocycles. The molecule has 19 heavy (non-hydrogen) atoms. The molecule has 0 saturated carbocycles. The minimum atomic E-state index is 0.579. The molecule has 1 aromatic carbocycles. The topological polar surface area (TPSA) is 66.0 Å². The van der Waals surface area contributed by atoms with Crippen LogP contribution in [0.2, 0.25) is 0 Å². The first kappa shape index (κ1) is 13.2. The number of para-hydroxylation sites is 1. The molecule has 0 aliphatic carbocycles. The van der Waals surface area contributed by atoms with Crippen molar-refractivity contribution in [1.29, 1.82) is 5.26 Å². The van der Waals surface area contributed by atoms with Crippen LogP contribution in [0, 0.1) is 11.5 Å². The van der Waals surface area contributed by atoms with E-state index in [1.165, 1.54) is 11.8 Å². The number of rotatable bonds is 3. The summed E-state index contributed by atoms with van der Waals surface area (Å²) in [5, 5.41) is 16.0. The fourth-order valence-electron chi connectivity index (χ4n) is 1.60. The molecule has 0 bridgehead atoms. The van der Waals surface area contributed by atoms with E-state index in [0.29, 0.717) is 11.7 Å². The second-order valence-electron chi connectivity index (χ2n) is 3.69. The van der Waals surface area contributed by atoms with Crippen LogP contribution in [-0.2, 0) is 6.54 Å². The van der Waals surface area contributed by atoms with Gasteiger partial charge in [0.1, 0.15) is 0 Å². The second kappa shape index (κ2) is 6.61. The van der Waals surface area contributed by atoms with Crippen molar-refractivity contribution in [2.45, 2.75) is 6.54 Å². The number of hydrogen-bond donors (Lipinski definition) is 1. The van der Waals surface area contributed by atoms with E-state index in [-0.39, 0.29) is 0 Å². The van der Waals surface area contributed by atoms with Crippen LogP contribution in [0.25, 0.3) is 0 Å². The van der Waals surface area contributed by atoms with Crippen LogP contribution < -0.4 is 5.32 Å². The van der Waals surface area contributed by atoms with Crippen LogP contribution in [0.1, 0.15) is 5.56 Å². The zero-order valence-corrected chi connectivity index (χ0v) is 11.3. The molecule has 0 radical (unpaired) electrons. The van der Waals surface area contributed by atoms with Crippen molar-refractivity contribution in [1.82, 2.24) is 15.1 Å². The molecule has 0 fully saturated rings. The molecule has 0 atom stereocenters. The number of nitrogens with zero attached hydrogens (tertiary/aromatic N) is 4. The number of aromatic nitrogens is 2. The third-order valence-electron chi connectivity index (χ3n) is 2.46. The van der Waals surface area contributed by atoms with Gasteiger partial charge in [-0.2, -0.15) is 10.4 Å². The number of hydrogen-bond acceptors (Lipinski definition) is 4. The standard InChI is InChI=1S/C13H13N5S/c1-19-13(15-10-14)17-12-6-3-2-5-11(12)9-18-8-4-7-16-18/h2-8H,9H2,1H3,(H,15,17). The Kier molecular flexibility index (Phi) is 4.59. The highest BCUT2D eigenvalue weighted by Crippen LogP contribution is 2.20. The molecule has 1 heterocycles. The SMILES string of the molecule is CSC(=Nc1ccccc1Cn1cccn1)NC#N. The summed E-state index contributed by atoms with van der Waals surface area (Å²) >= 11 is 1.40. The lowest BCUT2D eigenvalue weighted by molar-refractivity contribution is 0.687. The zero-order chi connectivity index (χ0) is 13.5. The third kappa shape index (κ3) is 3.60. The molecule has 0 aliphatic heterocycles.